The molecule has 0 aromatic heterocycles. The van der Waals surface area contributed by atoms with E-state index in [2.05, 4.69) is 5.32 Å². The van der Waals surface area contributed by atoms with Gasteiger partial charge < -0.3 is 15.2 Å². The molecule has 0 fully saturated rings. The van der Waals surface area contributed by atoms with Crippen molar-refractivity contribution in [2.24, 2.45) is 0 Å². The van der Waals surface area contributed by atoms with Crippen LogP contribution in [0.25, 0.3) is 0 Å². The van der Waals surface area contributed by atoms with Gasteiger partial charge in [0.25, 0.3) is 0 Å². The average Bonchev–Trinajstić information content (AvgIpc) is 2.49. The molecule has 0 spiro atoms. The molecule has 1 atom stereocenters. The lowest BCUT2D eigenvalue weighted by Gasteiger charge is -2.20. The van der Waals surface area contributed by atoms with Crippen LogP contribution in [-0.4, -0.2) is 17.9 Å². The minimum absolute atomic E-state index is 0.130. The number of carbonyl (C=O) groups is 2. The van der Waals surface area contributed by atoms with Gasteiger partial charge in [0.2, 0.25) is 5.91 Å². The summed E-state index contributed by atoms with van der Waals surface area (Å²) in [6, 6.07) is 14.9. The first-order chi connectivity index (χ1) is 10.5. The SMILES string of the molecule is O=C(Cc1ccccc1)N[C@@H](Cc1ccc(Cl)cc1)C(=O)[O-]. The van der Waals surface area contributed by atoms with Crippen LogP contribution < -0.4 is 10.4 Å². The molecule has 2 aromatic carbocycles. The fraction of sp³-hybridized carbons (Fsp3) is 0.176. The molecule has 22 heavy (non-hydrogen) atoms. The largest absolute Gasteiger partial charge is 0.548 e. The van der Waals surface area contributed by atoms with Crippen molar-refractivity contribution in [3.05, 3.63) is 70.7 Å². The van der Waals surface area contributed by atoms with Gasteiger partial charge in [0.15, 0.2) is 0 Å². The Morgan fingerprint density at radius 1 is 1.00 bits per heavy atom. The third-order valence-electron chi connectivity index (χ3n) is 3.18. The number of benzene rings is 2. The second-order valence-electron chi connectivity index (χ2n) is 4.93. The molecule has 0 heterocycles. The third kappa shape index (κ3) is 4.90. The molecule has 2 aromatic rings. The Morgan fingerprint density at radius 2 is 1.64 bits per heavy atom. The van der Waals surface area contributed by atoms with E-state index in [0.29, 0.717) is 5.02 Å². The summed E-state index contributed by atoms with van der Waals surface area (Å²) in [5.41, 5.74) is 1.59. The van der Waals surface area contributed by atoms with E-state index in [-0.39, 0.29) is 18.7 Å². The van der Waals surface area contributed by atoms with Crippen molar-refractivity contribution >= 4 is 23.5 Å². The van der Waals surface area contributed by atoms with Gasteiger partial charge in [-0.1, -0.05) is 54.1 Å². The summed E-state index contributed by atoms with van der Waals surface area (Å²) in [5.74, 6) is -1.66. The molecule has 1 amide bonds. The number of hydrogen-bond acceptors (Lipinski definition) is 3. The Morgan fingerprint density at radius 3 is 2.23 bits per heavy atom. The second-order valence-corrected chi connectivity index (χ2v) is 5.37. The zero-order valence-corrected chi connectivity index (χ0v) is 12.5. The Hall–Kier alpha value is -2.33. The third-order valence-corrected chi connectivity index (χ3v) is 3.43. The van der Waals surface area contributed by atoms with Crippen LogP contribution in [0, 0.1) is 0 Å². The summed E-state index contributed by atoms with van der Waals surface area (Å²) in [5, 5.41) is 14.3. The van der Waals surface area contributed by atoms with Crippen LogP contribution in [0.2, 0.25) is 5.02 Å². The van der Waals surface area contributed by atoms with E-state index >= 15 is 0 Å². The fourth-order valence-corrected chi connectivity index (χ4v) is 2.20. The van der Waals surface area contributed by atoms with E-state index in [1.165, 1.54) is 0 Å². The van der Waals surface area contributed by atoms with Gasteiger partial charge in [0.1, 0.15) is 0 Å². The Labute approximate surface area is 133 Å². The van der Waals surface area contributed by atoms with Gasteiger partial charge in [0.05, 0.1) is 18.4 Å². The van der Waals surface area contributed by atoms with Crippen LogP contribution >= 0.6 is 11.6 Å². The quantitative estimate of drug-likeness (QED) is 0.875. The van der Waals surface area contributed by atoms with Crippen LogP contribution in [0.1, 0.15) is 11.1 Å². The molecular weight excluding hydrogens is 302 g/mol. The summed E-state index contributed by atoms with van der Waals surface area (Å²) in [6.45, 7) is 0. The van der Waals surface area contributed by atoms with Crippen LogP contribution in [0.4, 0.5) is 0 Å². The zero-order valence-electron chi connectivity index (χ0n) is 11.8. The molecule has 0 aliphatic carbocycles. The van der Waals surface area contributed by atoms with Crippen molar-refractivity contribution in [3.63, 3.8) is 0 Å². The maximum absolute atomic E-state index is 11.9. The van der Waals surface area contributed by atoms with Crippen LogP contribution in [0.5, 0.6) is 0 Å². The van der Waals surface area contributed by atoms with E-state index in [1.54, 1.807) is 24.3 Å². The summed E-state index contributed by atoms with van der Waals surface area (Å²) < 4.78 is 0. The number of carboxylic acids is 1. The van der Waals surface area contributed by atoms with Gasteiger partial charge >= 0.3 is 0 Å². The number of carboxylic acid groups (broad SMARTS) is 1. The van der Waals surface area contributed by atoms with Crippen LogP contribution in [0.15, 0.2) is 54.6 Å². The maximum Gasteiger partial charge on any atom is 0.224 e. The minimum atomic E-state index is -1.31. The van der Waals surface area contributed by atoms with Gasteiger partial charge in [-0.15, -0.1) is 0 Å². The molecule has 0 radical (unpaired) electrons. The lowest BCUT2D eigenvalue weighted by atomic mass is 10.1. The number of nitrogens with one attached hydrogen (secondary N) is 1. The first-order valence-corrected chi connectivity index (χ1v) is 7.21. The molecular formula is C17H15ClNO3-. The molecule has 0 saturated carbocycles. The van der Waals surface area contributed by atoms with Crippen molar-refractivity contribution in [3.8, 4) is 0 Å². The highest BCUT2D eigenvalue weighted by molar-refractivity contribution is 6.30. The number of rotatable bonds is 6. The molecule has 0 bridgehead atoms. The fourth-order valence-electron chi connectivity index (χ4n) is 2.08. The topological polar surface area (TPSA) is 69.2 Å². The lowest BCUT2D eigenvalue weighted by molar-refractivity contribution is -0.308. The van der Waals surface area contributed by atoms with Gasteiger partial charge in [-0.25, -0.2) is 0 Å². The van der Waals surface area contributed by atoms with Crippen LogP contribution in [0.3, 0.4) is 0 Å². The summed E-state index contributed by atoms with van der Waals surface area (Å²) in [7, 11) is 0. The maximum atomic E-state index is 11.9. The number of aliphatic carboxylic acids is 1. The molecule has 2 rings (SSSR count). The predicted molar refractivity (Wildman–Crippen MR) is 82.2 cm³/mol. The molecule has 0 unspecified atom stereocenters. The highest BCUT2D eigenvalue weighted by Gasteiger charge is 2.14. The molecule has 1 N–H and O–H groups in total. The average molecular weight is 317 g/mol. The van der Waals surface area contributed by atoms with Gasteiger partial charge in [-0.3, -0.25) is 4.79 Å². The molecule has 5 heteroatoms. The standard InChI is InChI=1S/C17H16ClNO3/c18-14-8-6-13(7-9-14)10-15(17(21)22)19-16(20)11-12-4-2-1-3-5-12/h1-9,15H,10-11H2,(H,19,20)(H,21,22)/p-1/t15-/m0/s1. The molecule has 0 saturated heterocycles. The van der Waals surface area contributed by atoms with E-state index in [0.717, 1.165) is 11.1 Å². The summed E-state index contributed by atoms with van der Waals surface area (Å²) in [6.07, 6.45) is 0.283. The normalized spacial score (nSPS) is 11.7. The van der Waals surface area contributed by atoms with Crippen LogP contribution in [-0.2, 0) is 22.4 Å². The highest BCUT2D eigenvalue weighted by Crippen LogP contribution is 2.11. The second kappa shape index (κ2) is 7.61. The number of halogens is 1. The first-order valence-electron chi connectivity index (χ1n) is 6.83. The predicted octanol–water partition coefficient (Wildman–Crippen LogP) is 1.36. The van der Waals surface area contributed by atoms with Crippen molar-refractivity contribution in [1.82, 2.24) is 5.32 Å². The van der Waals surface area contributed by atoms with E-state index < -0.39 is 12.0 Å². The van der Waals surface area contributed by atoms with E-state index in [4.69, 9.17) is 11.6 Å². The summed E-state index contributed by atoms with van der Waals surface area (Å²) in [4.78, 5) is 23.2. The Balaban J connectivity index is 1.98. The van der Waals surface area contributed by atoms with Gasteiger partial charge in [-0.05, 0) is 29.7 Å². The monoisotopic (exact) mass is 316 g/mol. The Bertz CT molecular complexity index is 641. The smallest absolute Gasteiger partial charge is 0.224 e. The highest BCUT2D eigenvalue weighted by atomic mass is 35.5. The zero-order chi connectivity index (χ0) is 15.9. The minimum Gasteiger partial charge on any atom is -0.548 e. The van der Waals surface area contributed by atoms with Crippen molar-refractivity contribution in [2.45, 2.75) is 18.9 Å². The Kier molecular flexibility index (Phi) is 5.55. The lowest BCUT2D eigenvalue weighted by Crippen LogP contribution is -2.49. The first kappa shape index (κ1) is 16.0. The van der Waals surface area contributed by atoms with Gasteiger partial charge in [0, 0.05) is 5.02 Å². The molecule has 114 valence electrons. The van der Waals surface area contributed by atoms with Crippen molar-refractivity contribution in [1.29, 1.82) is 0 Å². The molecule has 0 aliphatic rings. The number of carbonyl (C=O) groups excluding carboxylic acids is 2. The van der Waals surface area contributed by atoms with Crippen molar-refractivity contribution in [2.75, 3.05) is 0 Å². The van der Waals surface area contributed by atoms with Crippen molar-refractivity contribution < 1.29 is 14.7 Å². The number of amides is 1. The van der Waals surface area contributed by atoms with Gasteiger partial charge in [-0.2, -0.15) is 0 Å². The molecule has 4 nitrogen and oxygen atoms in total. The molecule has 0 aliphatic heterocycles. The number of hydrogen-bond donors (Lipinski definition) is 1. The van der Waals surface area contributed by atoms with E-state index in [1.807, 2.05) is 30.3 Å². The van der Waals surface area contributed by atoms with E-state index in [9.17, 15) is 14.7 Å². The summed E-state index contributed by atoms with van der Waals surface area (Å²) >= 11 is 5.79.